The van der Waals surface area contributed by atoms with E-state index in [4.69, 9.17) is 23.7 Å². The second-order valence-electron chi connectivity index (χ2n) is 8.09. The summed E-state index contributed by atoms with van der Waals surface area (Å²) >= 11 is 0. The molecule has 0 unspecified atom stereocenters. The van der Waals surface area contributed by atoms with Crippen LogP contribution in [0.5, 0.6) is 34.5 Å². The van der Waals surface area contributed by atoms with E-state index in [-0.39, 0.29) is 50.8 Å². The van der Waals surface area contributed by atoms with Crippen molar-refractivity contribution in [3.63, 3.8) is 0 Å². The quantitative estimate of drug-likeness (QED) is 0.296. The predicted molar refractivity (Wildman–Crippen MR) is 133 cm³/mol. The Kier molecular flexibility index (Phi) is 11.1. The van der Waals surface area contributed by atoms with Crippen LogP contribution in [0.25, 0.3) is 0 Å². The van der Waals surface area contributed by atoms with Crippen molar-refractivity contribution in [2.75, 3.05) is 61.7 Å². The molecule has 204 valence electrons. The second-order valence-corrected chi connectivity index (χ2v) is 8.09. The maximum atomic E-state index is 11.6. The zero-order valence-corrected chi connectivity index (χ0v) is 21.6. The predicted octanol–water partition coefficient (Wildman–Crippen LogP) is 1.91. The summed E-state index contributed by atoms with van der Waals surface area (Å²) in [5, 5.41) is 29.1. The van der Waals surface area contributed by atoms with Crippen molar-refractivity contribution in [1.29, 1.82) is 0 Å². The largest absolute Gasteiger partial charge is 0.504 e. The van der Waals surface area contributed by atoms with Gasteiger partial charge in [-0.1, -0.05) is 0 Å². The molecule has 0 aliphatic rings. The Morgan fingerprint density at radius 1 is 0.649 bits per heavy atom. The van der Waals surface area contributed by atoms with Gasteiger partial charge in [-0.25, -0.2) is 0 Å². The molecule has 0 aliphatic carbocycles. The van der Waals surface area contributed by atoms with E-state index < -0.39 is 11.9 Å². The third-order valence-electron chi connectivity index (χ3n) is 5.51. The van der Waals surface area contributed by atoms with Crippen LogP contribution in [0.1, 0.15) is 11.1 Å². The van der Waals surface area contributed by atoms with Crippen LogP contribution in [0.2, 0.25) is 0 Å². The van der Waals surface area contributed by atoms with Crippen molar-refractivity contribution in [1.82, 2.24) is 9.80 Å². The molecule has 2 aromatic carbocycles. The Morgan fingerprint density at radius 3 is 1.38 bits per heavy atom. The molecule has 0 atom stereocenters. The monoisotopic (exact) mass is 522 g/mol. The second kappa shape index (κ2) is 14.0. The number of carbonyl (C=O) groups is 2. The molecule has 0 amide bonds. The lowest BCUT2D eigenvalue weighted by atomic mass is 10.1. The lowest BCUT2D eigenvalue weighted by Gasteiger charge is -2.26. The Morgan fingerprint density at radius 2 is 1.03 bits per heavy atom. The molecular weight excluding hydrogens is 488 g/mol. The molecular formula is C25H34N2O10. The zero-order valence-electron chi connectivity index (χ0n) is 21.6. The van der Waals surface area contributed by atoms with Crippen LogP contribution in [-0.4, -0.2) is 98.8 Å². The lowest BCUT2D eigenvalue weighted by Crippen LogP contribution is -2.39. The van der Waals surface area contributed by atoms with Crippen LogP contribution < -0.4 is 23.7 Å². The number of hydrogen-bond acceptors (Lipinski definition) is 10. The van der Waals surface area contributed by atoms with Gasteiger partial charge in [-0.3, -0.25) is 19.4 Å². The number of ether oxygens (including phenoxy) is 5. The first kappa shape index (κ1) is 29.3. The molecule has 0 aliphatic heterocycles. The number of carboxylic acid groups (broad SMARTS) is 2. The minimum atomic E-state index is -1.04. The fraction of sp³-hybridized carbons (Fsp3) is 0.440. The maximum Gasteiger partial charge on any atom is 0.317 e. The summed E-state index contributed by atoms with van der Waals surface area (Å²) in [6.45, 7) is 0.329. The van der Waals surface area contributed by atoms with E-state index in [1.165, 1.54) is 41.6 Å². The van der Waals surface area contributed by atoms with Crippen molar-refractivity contribution in [2.45, 2.75) is 13.1 Å². The number of aliphatic carboxylic acids is 2. The highest BCUT2D eigenvalue weighted by atomic mass is 16.5. The Labute approximate surface area is 215 Å². The number of hydrogen-bond donors (Lipinski definition) is 3. The van der Waals surface area contributed by atoms with E-state index >= 15 is 0 Å². The van der Waals surface area contributed by atoms with Gasteiger partial charge in [0.2, 0.25) is 11.5 Å². The molecule has 0 aromatic heterocycles. The van der Waals surface area contributed by atoms with Gasteiger partial charge in [-0.05, 0) is 35.4 Å². The summed E-state index contributed by atoms with van der Waals surface area (Å²) in [4.78, 5) is 26.4. The van der Waals surface area contributed by atoms with Crippen molar-refractivity contribution in [2.24, 2.45) is 0 Å². The van der Waals surface area contributed by atoms with Gasteiger partial charge in [-0.2, -0.15) is 0 Å². The fourth-order valence-electron chi connectivity index (χ4n) is 3.93. The van der Waals surface area contributed by atoms with Crippen molar-refractivity contribution in [3.05, 3.63) is 35.4 Å². The summed E-state index contributed by atoms with van der Waals surface area (Å²) in [6, 6.07) is 6.59. The summed E-state index contributed by atoms with van der Waals surface area (Å²) in [5.74, 6) is -0.426. The summed E-state index contributed by atoms with van der Waals surface area (Å²) in [6.07, 6.45) is 0. The number of aromatic hydroxyl groups is 1. The molecule has 2 aromatic rings. The van der Waals surface area contributed by atoms with Crippen LogP contribution in [0.3, 0.4) is 0 Å². The molecule has 0 spiro atoms. The van der Waals surface area contributed by atoms with Crippen LogP contribution in [0.15, 0.2) is 24.3 Å². The normalized spacial score (nSPS) is 10.9. The first-order chi connectivity index (χ1) is 17.6. The number of carboxylic acids is 2. The molecule has 0 bridgehead atoms. The average molecular weight is 523 g/mol. The molecule has 0 radical (unpaired) electrons. The van der Waals surface area contributed by atoms with E-state index in [2.05, 4.69) is 0 Å². The Bertz CT molecular complexity index is 1050. The van der Waals surface area contributed by atoms with Gasteiger partial charge in [0.1, 0.15) is 0 Å². The molecule has 12 nitrogen and oxygen atoms in total. The van der Waals surface area contributed by atoms with Gasteiger partial charge in [0.05, 0.1) is 48.6 Å². The van der Waals surface area contributed by atoms with Crippen molar-refractivity contribution in [3.8, 4) is 34.5 Å². The van der Waals surface area contributed by atoms with E-state index in [1.54, 1.807) is 28.0 Å². The van der Waals surface area contributed by atoms with Gasteiger partial charge in [0, 0.05) is 26.2 Å². The standard InChI is InChI=1S/C25H34N2O10/c1-33-19-9-16(8-18(28)24(19)36-4)12-26(14-22(29)30)6-7-27(15-23(31)32)13-17-10-20(34-2)25(37-5)21(11-17)35-3/h8-11,28H,6-7,12-15H2,1-5H3,(H,29,30)(H,31,32). The third-order valence-corrected chi connectivity index (χ3v) is 5.51. The smallest absolute Gasteiger partial charge is 0.317 e. The van der Waals surface area contributed by atoms with Gasteiger partial charge in [0.15, 0.2) is 23.0 Å². The summed E-state index contributed by atoms with van der Waals surface area (Å²) < 4.78 is 26.5. The van der Waals surface area contributed by atoms with E-state index in [1.807, 2.05) is 0 Å². The van der Waals surface area contributed by atoms with Crippen LogP contribution >= 0.6 is 0 Å². The van der Waals surface area contributed by atoms with Crippen LogP contribution in [0.4, 0.5) is 0 Å². The number of nitrogens with zero attached hydrogens (tertiary/aromatic N) is 2. The number of phenols is 1. The molecule has 0 saturated carbocycles. The van der Waals surface area contributed by atoms with Crippen LogP contribution in [0, 0.1) is 0 Å². The highest BCUT2D eigenvalue weighted by Crippen LogP contribution is 2.39. The molecule has 37 heavy (non-hydrogen) atoms. The van der Waals surface area contributed by atoms with Gasteiger partial charge < -0.3 is 39.0 Å². The molecule has 0 saturated heterocycles. The third kappa shape index (κ3) is 8.33. The van der Waals surface area contributed by atoms with E-state index in [0.717, 1.165) is 5.56 Å². The lowest BCUT2D eigenvalue weighted by molar-refractivity contribution is -0.140. The van der Waals surface area contributed by atoms with Crippen LogP contribution in [-0.2, 0) is 22.7 Å². The van der Waals surface area contributed by atoms with Crippen molar-refractivity contribution < 1.29 is 48.6 Å². The Hall–Kier alpha value is -3.90. The first-order valence-electron chi connectivity index (χ1n) is 11.3. The summed E-state index contributed by atoms with van der Waals surface area (Å²) in [5.41, 5.74) is 1.33. The average Bonchev–Trinajstić information content (AvgIpc) is 2.85. The number of rotatable bonds is 16. The Balaban J connectivity index is 2.25. The molecule has 2 rings (SSSR count). The van der Waals surface area contributed by atoms with Gasteiger partial charge >= 0.3 is 11.9 Å². The topological polar surface area (TPSA) is 147 Å². The SMILES string of the molecule is COc1cc(CN(CCN(CC(=O)O)Cc2cc(OC)c(OC)c(OC)c2)CC(=O)O)cc(O)c1OC. The summed E-state index contributed by atoms with van der Waals surface area (Å²) in [7, 11) is 7.31. The number of methoxy groups -OCH3 is 5. The molecule has 0 fully saturated rings. The molecule has 0 heterocycles. The van der Waals surface area contributed by atoms with E-state index in [9.17, 15) is 24.9 Å². The number of phenolic OH excluding ortho intramolecular Hbond substituents is 1. The maximum absolute atomic E-state index is 11.6. The molecule has 12 heteroatoms. The van der Waals surface area contributed by atoms with Gasteiger partial charge in [0.25, 0.3) is 0 Å². The highest BCUT2D eigenvalue weighted by Gasteiger charge is 2.20. The highest BCUT2D eigenvalue weighted by molar-refractivity contribution is 5.69. The fourth-order valence-corrected chi connectivity index (χ4v) is 3.93. The first-order valence-corrected chi connectivity index (χ1v) is 11.3. The minimum Gasteiger partial charge on any atom is -0.504 e. The molecule has 3 N–H and O–H groups in total. The van der Waals surface area contributed by atoms with E-state index in [0.29, 0.717) is 28.6 Å². The zero-order chi connectivity index (χ0) is 27.5. The minimum absolute atomic E-state index is 0.137. The van der Waals surface area contributed by atoms with Crippen molar-refractivity contribution >= 4 is 11.9 Å². The van der Waals surface area contributed by atoms with Gasteiger partial charge in [-0.15, -0.1) is 0 Å². The number of benzene rings is 2.